The van der Waals surface area contributed by atoms with E-state index in [2.05, 4.69) is 29.2 Å². The van der Waals surface area contributed by atoms with Crippen molar-refractivity contribution >= 4 is 0 Å². The second-order valence-electron chi connectivity index (χ2n) is 6.23. The van der Waals surface area contributed by atoms with Crippen LogP contribution < -0.4 is 4.74 Å². The van der Waals surface area contributed by atoms with Gasteiger partial charge in [0.15, 0.2) is 0 Å². The van der Waals surface area contributed by atoms with E-state index in [-0.39, 0.29) is 6.10 Å². The molecule has 4 heteroatoms. The monoisotopic (exact) mass is 327 g/mol. The van der Waals surface area contributed by atoms with E-state index in [9.17, 15) is 5.11 Å². The van der Waals surface area contributed by atoms with Crippen LogP contribution in [0.1, 0.15) is 17.2 Å². The van der Waals surface area contributed by atoms with Crippen molar-refractivity contribution in [1.29, 1.82) is 0 Å². The summed E-state index contributed by atoms with van der Waals surface area (Å²) < 4.78 is 11.1. The molecule has 1 N–H and O–H groups in total. The third-order valence-corrected chi connectivity index (χ3v) is 4.44. The Morgan fingerprint density at radius 3 is 2.83 bits per heavy atom. The number of nitrogens with zero attached hydrogens (tertiary/aromatic N) is 1. The van der Waals surface area contributed by atoms with Crippen LogP contribution in [0.25, 0.3) is 0 Å². The summed E-state index contributed by atoms with van der Waals surface area (Å²) in [7, 11) is 1.64. The first-order valence-corrected chi connectivity index (χ1v) is 8.44. The largest absolute Gasteiger partial charge is 0.497 e. The fraction of sp³-hybridized carbons (Fsp3) is 0.400. The molecular formula is C20H25NO3. The van der Waals surface area contributed by atoms with Crippen molar-refractivity contribution in [3.05, 3.63) is 65.7 Å². The van der Waals surface area contributed by atoms with E-state index in [1.165, 1.54) is 5.56 Å². The fourth-order valence-electron chi connectivity index (χ4n) is 3.15. The van der Waals surface area contributed by atoms with Gasteiger partial charge in [0.1, 0.15) is 5.75 Å². The number of β-amino-alcohol motifs (C(OH)–C–C–N with tert-alkyl or cyclic N) is 1. The summed E-state index contributed by atoms with van der Waals surface area (Å²) in [4.78, 5) is 2.28. The molecular weight excluding hydrogens is 302 g/mol. The van der Waals surface area contributed by atoms with Crippen molar-refractivity contribution in [2.75, 3.05) is 33.4 Å². The lowest BCUT2D eigenvalue weighted by molar-refractivity contribution is -0.0400. The molecule has 24 heavy (non-hydrogen) atoms. The molecule has 0 aromatic heterocycles. The average Bonchev–Trinajstić information content (AvgIpc) is 2.63. The zero-order valence-electron chi connectivity index (χ0n) is 14.1. The molecule has 1 saturated heterocycles. The lowest BCUT2D eigenvalue weighted by atomic mass is 10.1. The van der Waals surface area contributed by atoms with Gasteiger partial charge in [0.25, 0.3) is 0 Å². The molecule has 3 rings (SSSR count). The number of rotatable bonds is 6. The molecule has 0 amide bonds. The molecule has 0 bridgehead atoms. The second kappa shape index (κ2) is 8.29. The van der Waals surface area contributed by atoms with Gasteiger partial charge < -0.3 is 14.6 Å². The number of hydrogen-bond acceptors (Lipinski definition) is 4. The number of ether oxygens (including phenoxy) is 2. The Bertz CT molecular complexity index is 632. The smallest absolute Gasteiger partial charge is 0.119 e. The number of morpholine rings is 1. The van der Waals surface area contributed by atoms with E-state index in [1.54, 1.807) is 7.11 Å². The molecule has 0 aliphatic carbocycles. The summed E-state index contributed by atoms with van der Waals surface area (Å²) in [6.45, 7) is 3.02. The van der Waals surface area contributed by atoms with Crippen molar-refractivity contribution in [2.45, 2.75) is 18.6 Å². The van der Waals surface area contributed by atoms with Gasteiger partial charge in [-0.3, -0.25) is 4.90 Å². The van der Waals surface area contributed by atoms with Crippen LogP contribution in [0, 0.1) is 0 Å². The van der Waals surface area contributed by atoms with E-state index in [0.717, 1.165) is 30.8 Å². The van der Waals surface area contributed by atoms with Gasteiger partial charge in [-0.05, 0) is 29.7 Å². The van der Waals surface area contributed by atoms with Gasteiger partial charge in [-0.2, -0.15) is 0 Å². The van der Waals surface area contributed by atoms with Gasteiger partial charge in [0.2, 0.25) is 0 Å². The molecule has 1 fully saturated rings. The third-order valence-electron chi connectivity index (χ3n) is 4.44. The van der Waals surface area contributed by atoms with Gasteiger partial charge in [0.05, 0.1) is 25.9 Å². The van der Waals surface area contributed by atoms with Crippen LogP contribution in [-0.4, -0.2) is 49.5 Å². The van der Waals surface area contributed by atoms with Crippen molar-refractivity contribution < 1.29 is 14.6 Å². The Hall–Kier alpha value is -1.88. The summed E-state index contributed by atoms with van der Waals surface area (Å²) in [6.07, 6.45) is 0.571. The molecule has 0 saturated carbocycles. The summed E-state index contributed by atoms with van der Waals surface area (Å²) in [5, 5.41) is 10.5. The van der Waals surface area contributed by atoms with Crippen LogP contribution in [0.15, 0.2) is 54.6 Å². The predicted molar refractivity (Wildman–Crippen MR) is 94.3 cm³/mol. The van der Waals surface area contributed by atoms with E-state index in [1.807, 2.05) is 30.3 Å². The van der Waals surface area contributed by atoms with E-state index < -0.39 is 6.10 Å². The molecule has 0 radical (unpaired) electrons. The molecule has 2 unspecified atom stereocenters. The van der Waals surface area contributed by atoms with Crippen LogP contribution >= 0.6 is 0 Å². The van der Waals surface area contributed by atoms with Crippen molar-refractivity contribution in [3.8, 4) is 5.75 Å². The number of hydrogen-bond donors (Lipinski definition) is 1. The van der Waals surface area contributed by atoms with Crippen LogP contribution in [0.3, 0.4) is 0 Å². The summed E-state index contributed by atoms with van der Waals surface area (Å²) in [6, 6.07) is 18.0. The molecule has 4 nitrogen and oxygen atoms in total. The van der Waals surface area contributed by atoms with Gasteiger partial charge in [0, 0.05) is 19.6 Å². The highest BCUT2D eigenvalue weighted by Gasteiger charge is 2.23. The first-order chi connectivity index (χ1) is 11.7. The van der Waals surface area contributed by atoms with Crippen LogP contribution in [0.5, 0.6) is 5.75 Å². The molecule has 0 spiro atoms. The predicted octanol–water partition coefficient (Wildman–Crippen LogP) is 2.67. The van der Waals surface area contributed by atoms with Gasteiger partial charge >= 0.3 is 0 Å². The first-order valence-electron chi connectivity index (χ1n) is 8.44. The average molecular weight is 327 g/mol. The molecule has 128 valence electrons. The topological polar surface area (TPSA) is 41.9 Å². The maximum Gasteiger partial charge on any atom is 0.119 e. The van der Waals surface area contributed by atoms with Crippen molar-refractivity contribution in [1.82, 2.24) is 4.90 Å². The zero-order chi connectivity index (χ0) is 16.8. The van der Waals surface area contributed by atoms with Crippen molar-refractivity contribution in [2.24, 2.45) is 0 Å². The molecule has 2 atom stereocenters. The van der Waals surface area contributed by atoms with Gasteiger partial charge in [-0.25, -0.2) is 0 Å². The quantitative estimate of drug-likeness (QED) is 0.886. The zero-order valence-corrected chi connectivity index (χ0v) is 14.1. The number of benzene rings is 2. The molecule has 1 aliphatic rings. The van der Waals surface area contributed by atoms with Crippen LogP contribution in [-0.2, 0) is 11.2 Å². The second-order valence-corrected chi connectivity index (χ2v) is 6.23. The Morgan fingerprint density at radius 2 is 2.04 bits per heavy atom. The van der Waals surface area contributed by atoms with E-state index in [0.29, 0.717) is 13.2 Å². The van der Waals surface area contributed by atoms with E-state index in [4.69, 9.17) is 9.47 Å². The summed E-state index contributed by atoms with van der Waals surface area (Å²) in [5.74, 6) is 0.774. The van der Waals surface area contributed by atoms with Gasteiger partial charge in [-0.1, -0.05) is 42.5 Å². The highest BCUT2D eigenvalue weighted by molar-refractivity contribution is 5.30. The first kappa shape index (κ1) is 17.0. The third kappa shape index (κ3) is 4.57. The Balaban J connectivity index is 1.56. The van der Waals surface area contributed by atoms with Crippen molar-refractivity contribution in [3.63, 3.8) is 0 Å². The number of aliphatic hydroxyl groups is 1. The molecule has 2 aromatic rings. The maximum absolute atomic E-state index is 10.5. The molecule has 1 aliphatic heterocycles. The SMILES string of the molecule is COc1cccc(C(O)CN2CCOC(Cc3ccccc3)C2)c1. The maximum atomic E-state index is 10.5. The summed E-state index contributed by atoms with van der Waals surface area (Å²) in [5.41, 5.74) is 2.18. The molecule has 1 heterocycles. The van der Waals surface area contributed by atoms with Crippen LogP contribution in [0.4, 0.5) is 0 Å². The lowest BCUT2D eigenvalue weighted by Crippen LogP contribution is -2.44. The lowest BCUT2D eigenvalue weighted by Gasteiger charge is -2.34. The summed E-state index contributed by atoms with van der Waals surface area (Å²) >= 11 is 0. The minimum absolute atomic E-state index is 0.179. The highest BCUT2D eigenvalue weighted by Crippen LogP contribution is 2.21. The Kier molecular flexibility index (Phi) is 5.86. The van der Waals surface area contributed by atoms with Crippen LogP contribution in [0.2, 0.25) is 0 Å². The highest BCUT2D eigenvalue weighted by atomic mass is 16.5. The Labute approximate surface area is 143 Å². The number of aliphatic hydroxyl groups excluding tert-OH is 1. The van der Waals surface area contributed by atoms with Gasteiger partial charge in [-0.15, -0.1) is 0 Å². The number of methoxy groups -OCH3 is 1. The minimum atomic E-state index is -0.518. The minimum Gasteiger partial charge on any atom is -0.497 e. The fourth-order valence-corrected chi connectivity index (χ4v) is 3.15. The standard InChI is InChI=1S/C20H25NO3/c1-23-18-9-5-8-17(13-18)20(22)15-21-10-11-24-19(14-21)12-16-6-3-2-4-7-16/h2-9,13,19-20,22H,10-12,14-15H2,1H3. The normalized spacial score (nSPS) is 19.8. The molecule has 2 aromatic carbocycles. The van der Waals surface area contributed by atoms with E-state index >= 15 is 0 Å². The Morgan fingerprint density at radius 1 is 1.21 bits per heavy atom.